The largest absolute Gasteiger partial charge is 0.302 e. The number of piperazine rings is 1. The first-order valence-corrected chi connectivity index (χ1v) is 9.93. The van der Waals surface area contributed by atoms with E-state index in [9.17, 15) is 4.79 Å². The Balaban J connectivity index is 1.88. The van der Waals surface area contributed by atoms with E-state index in [1.165, 1.54) is 16.7 Å². The second kappa shape index (κ2) is 8.51. The van der Waals surface area contributed by atoms with Gasteiger partial charge in [0.05, 0.1) is 12.1 Å². The molecule has 3 aromatic rings. The van der Waals surface area contributed by atoms with Gasteiger partial charge in [0.1, 0.15) is 6.29 Å². The molecule has 1 fully saturated rings. The van der Waals surface area contributed by atoms with Crippen molar-refractivity contribution >= 4 is 6.29 Å². The molecule has 0 bridgehead atoms. The van der Waals surface area contributed by atoms with E-state index in [0.717, 1.165) is 32.5 Å². The highest BCUT2D eigenvalue weighted by Crippen LogP contribution is 2.42. The fraction of sp³-hybridized carbons (Fsp3) is 0.240. The predicted molar refractivity (Wildman–Crippen MR) is 113 cm³/mol. The van der Waals surface area contributed by atoms with Gasteiger partial charge >= 0.3 is 0 Å². The van der Waals surface area contributed by atoms with Gasteiger partial charge in [0, 0.05) is 26.2 Å². The number of hydrogen-bond donors (Lipinski definition) is 0. The Morgan fingerprint density at radius 3 is 1.39 bits per heavy atom. The molecule has 1 saturated heterocycles. The van der Waals surface area contributed by atoms with Crippen molar-refractivity contribution in [2.24, 2.45) is 0 Å². The summed E-state index contributed by atoms with van der Waals surface area (Å²) in [4.78, 5) is 15.8. The molecule has 4 rings (SSSR count). The van der Waals surface area contributed by atoms with Gasteiger partial charge in [-0.05, 0) is 16.7 Å². The van der Waals surface area contributed by atoms with E-state index in [0.29, 0.717) is 6.54 Å². The lowest BCUT2D eigenvalue weighted by Crippen LogP contribution is -2.56. The van der Waals surface area contributed by atoms with Gasteiger partial charge in [0.25, 0.3) is 0 Å². The standard InChI is InChI=1S/C25H26N2O/c28-21-20-26-16-18-27(19-17-26)25(22-10-4-1-5-11-22,23-12-6-2-7-13-23)24-14-8-3-9-15-24/h1-15,21H,16-20H2. The van der Waals surface area contributed by atoms with Gasteiger partial charge in [-0.1, -0.05) is 91.0 Å². The molecule has 28 heavy (non-hydrogen) atoms. The number of benzene rings is 3. The summed E-state index contributed by atoms with van der Waals surface area (Å²) in [7, 11) is 0. The van der Waals surface area contributed by atoms with Crippen molar-refractivity contribution in [3.05, 3.63) is 108 Å². The molecule has 1 heterocycles. The third kappa shape index (κ3) is 3.39. The molecule has 3 aromatic carbocycles. The summed E-state index contributed by atoms with van der Waals surface area (Å²) in [6.45, 7) is 4.13. The zero-order valence-electron chi connectivity index (χ0n) is 16.1. The van der Waals surface area contributed by atoms with Crippen LogP contribution < -0.4 is 0 Å². The quantitative estimate of drug-likeness (QED) is 0.487. The normalized spacial score (nSPS) is 16.0. The Kier molecular flexibility index (Phi) is 5.65. The minimum absolute atomic E-state index is 0.350. The zero-order chi connectivity index (χ0) is 19.2. The molecule has 0 unspecified atom stereocenters. The lowest BCUT2D eigenvalue weighted by Gasteiger charge is -2.49. The molecule has 0 saturated carbocycles. The van der Waals surface area contributed by atoms with Crippen molar-refractivity contribution in [3.8, 4) is 0 Å². The lowest BCUT2D eigenvalue weighted by atomic mass is 9.75. The average Bonchev–Trinajstić information content (AvgIpc) is 2.78. The van der Waals surface area contributed by atoms with Crippen LogP contribution in [0.25, 0.3) is 0 Å². The summed E-state index contributed by atoms with van der Waals surface area (Å²) >= 11 is 0. The number of carbonyl (C=O) groups is 1. The maximum atomic E-state index is 11.0. The topological polar surface area (TPSA) is 23.6 Å². The van der Waals surface area contributed by atoms with Gasteiger partial charge < -0.3 is 4.79 Å². The molecule has 142 valence electrons. The van der Waals surface area contributed by atoms with Gasteiger partial charge in [-0.2, -0.15) is 0 Å². The van der Waals surface area contributed by atoms with E-state index < -0.39 is 0 Å². The van der Waals surface area contributed by atoms with Gasteiger partial charge in [-0.25, -0.2) is 0 Å². The SMILES string of the molecule is O=CCN1CCN(C(c2ccccc2)(c2ccccc2)c2ccccc2)CC1. The second-order valence-electron chi connectivity index (χ2n) is 7.26. The van der Waals surface area contributed by atoms with Crippen LogP contribution >= 0.6 is 0 Å². The Morgan fingerprint density at radius 2 is 1.04 bits per heavy atom. The van der Waals surface area contributed by atoms with E-state index in [4.69, 9.17) is 0 Å². The first-order valence-electron chi connectivity index (χ1n) is 9.93. The molecule has 0 aliphatic carbocycles. The van der Waals surface area contributed by atoms with Crippen LogP contribution in [0.5, 0.6) is 0 Å². The summed E-state index contributed by atoms with van der Waals surface area (Å²) in [5.41, 5.74) is 3.47. The van der Waals surface area contributed by atoms with E-state index >= 15 is 0 Å². The average molecular weight is 370 g/mol. The lowest BCUT2D eigenvalue weighted by molar-refractivity contribution is -0.109. The van der Waals surface area contributed by atoms with Crippen LogP contribution in [0.3, 0.4) is 0 Å². The third-order valence-corrected chi connectivity index (χ3v) is 5.75. The number of carbonyl (C=O) groups excluding carboxylic acids is 1. The van der Waals surface area contributed by atoms with Gasteiger partial charge in [-0.3, -0.25) is 9.80 Å². The number of hydrogen-bond acceptors (Lipinski definition) is 3. The van der Waals surface area contributed by atoms with Crippen molar-refractivity contribution < 1.29 is 4.79 Å². The fourth-order valence-corrected chi connectivity index (χ4v) is 4.46. The molecule has 0 atom stereocenters. The molecule has 0 aromatic heterocycles. The Labute approximate surface area is 167 Å². The highest BCUT2D eigenvalue weighted by Gasteiger charge is 2.42. The molecule has 0 N–H and O–H groups in total. The summed E-state index contributed by atoms with van der Waals surface area (Å²) in [5.74, 6) is 0. The molecule has 1 aliphatic heterocycles. The van der Waals surface area contributed by atoms with Crippen LogP contribution in [0.2, 0.25) is 0 Å². The van der Waals surface area contributed by atoms with Crippen molar-refractivity contribution in [3.63, 3.8) is 0 Å². The third-order valence-electron chi connectivity index (χ3n) is 5.75. The minimum Gasteiger partial charge on any atom is -0.302 e. The number of rotatable bonds is 6. The maximum Gasteiger partial charge on any atom is 0.133 e. The van der Waals surface area contributed by atoms with E-state index in [-0.39, 0.29) is 5.54 Å². The molecular formula is C25H26N2O. The monoisotopic (exact) mass is 370 g/mol. The first-order chi connectivity index (χ1) is 13.9. The van der Waals surface area contributed by atoms with E-state index in [1.807, 2.05) is 0 Å². The van der Waals surface area contributed by atoms with Gasteiger partial charge in [-0.15, -0.1) is 0 Å². The number of aldehydes is 1. The highest BCUT2D eigenvalue weighted by molar-refractivity contribution is 5.52. The van der Waals surface area contributed by atoms with Crippen LogP contribution in [0.15, 0.2) is 91.0 Å². The molecular weight excluding hydrogens is 344 g/mol. The summed E-state index contributed by atoms with van der Waals surface area (Å²) < 4.78 is 0. The minimum atomic E-state index is -0.350. The smallest absolute Gasteiger partial charge is 0.133 e. The Hall–Kier alpha value is -2.75. The zero-order valence-corrected chi connectivity index (χ0v) is 16.1. The maximum absolute atomic E-state index is 11.0. The van der Waals surface area contributed by atoms with Crippen LogP contribution in [-0.4, -0.2) is 48.8 Å². The first kappa shape index (κ1) is 18.6. The molecule has 3 heteroatoms. The summed E-state index contributed by atoms with van der Waals surface area (Å²) in [6, 6.07) is 32.4. The van der Waals surface area contributed by atoms with Crippen molar-refractivity contribution in [2.75, 3.05) is 32.7 Å². The molecule has 0 spiro atoms. The molecule has 3 nitrogen and oxygen atoms in total. The highest BCUT2D eigenvalue weighted by atomic mass is 16.1. The van der Waals surface area contributed by atoms with Crippen molar-refractivity contribution in [1.82, 2.24) is 9.80 Å². The Bertz CT molecular complexity index is 776. The molecule has 0 amide bonds. The second-order valence-corrected chi connectivity index (χ2v) is 7.26. The van der Waals surface area contributed by atoms with Crippen LogP contribution in [0, 0.1) is 0 Å². The van der Waals surface area contributed by atoms with Crippen molar-refractivity contribution in [2.45, 2.75) is 5.54 Å². The van der Waals surface area contributed by atoms with Crippen molar-refractivity contribution in [1.29, 1.82) is 0 Å². The summed E-state index contributed by atoms with van der Waals surface area (Å²) in [6.07, 6.45) is 1.01. The predicted octanol–water partition coefficient (Wildman–Crippen LogP) is 3.80. The van der Waals surface area contributed by atoms with Crippen LogP contribution in [-0.2, 0) is 10.3 Å². The Morgan fingerprint density at radius 1 is 0.643 bits per heavy atom. The summed E-state index contributed by atoms with van der Waals surface area (Å²) in [5, 5.41) is 0. The fourth-order valence-electron chi connectivity index (χ4n) is 4.46. The number of nitrogens with zero attached hydrogens (tertiary/aromatic N) is 2. The van der Waals surface area contributed by atoms with Gasteiger partial charge in [0.2, 0.25) is 0 Å². The van der Waals surface area contributed by atoms with Crippen LogP contribution in [0.4, 0.5) is 0 Å². The molecule has 0 radical (unpaired) electrons. The van der Waals surface area contributed by atoms with E-state index in [1.54, 1.807) is 0 Å². The van der Waals surface area contributed by atoms with E-state index in [2.05, 4.69) is 101 Å². The van der Waals surface area contributed by atoms with Crippen LogP contribution in [0.1, 0.15) is 16.7 Å². The molecule has 1 aliphatic rings. The van der Waals surface area contributed by atoms with Gasteiger partial charge in [0.15, 0.2) is 0 Å².